The number of aldehydes is 1. The summed E-state index contributed by atoms with van der Waals surface area (Å²) in [6, 6.07) is 12.1. The van der Waals surface area contributed by atoms with Crippen molar-refractivity contribution in [2.45, 2.75) is 53.1 Å². The van der Waals surface area contributed by atoms with Crippen molar-refractivity contribution >= 4 is 23.5 Å². The largest absolute Gasteiger partial charge is 0.350 e. The van der Waals surface area contributed by atoms with Crippen LogP contribution in [-0.4, -0.2) is 50.8 Å². The first-order chi connectivity index (χ1) is 20.3. The van der Waals surface area contributed by atoms with Gasteiger partial charge in [0.25, 0.3) is 5.91 Å². The predicted molar refractivity (Wildman–Crippen MR) is 166 cm³/mol. The van der Waals surface area contributed by atoms with Crippen LogP contribution in [0.1, 0.15) is 68.2 Å². The molecule has 7 nitrogen and oxygen atoms in total. The zero-order valence-corrected chi connectivity index (χ0v) is 25.0. The number of aliphatic imine (C=N–C) groups is 1. The van der Waals surface area contributed by atoms with Gasteiger partial charge in [-0.15, -0.1) is 0 Å². The number of aryl methyl sites for hydroxylation is 1. The van der Waals surface area contributed by atoms with Crippen LogP contribution < -0.4 is 0 Å². The van der Waals surface area contributed by atoms with Gasteiger partial charge in [-0.1, -0.05) is 39.5 Å². The van der Waals surface area contributed by atoms with Crippen molar-refractivity contribution in [3.63, 3.8) is 0 Å². The molecule has 2 aromatic heterocycles. The average molecular weight is 568 g/mol. The van der Waals surface area contributed by atoms with Crippen molar-refractivity contribution in [1.29, 1.82) is 0 Å². The maximum atomic E-state index is 15.3. The maximum Gasteiger partial charge on any atom is 0.273 e. The fourth-order valence-corrected chi connectivity index (χ4v) is 5.22. The number of pyridine rings is 1. The molecule has 5 rings (SSSR count). The molecule has 0 saturated heterocycles. The molecule has 8 heteroatoms. The van der Waals surface area contributed by atoms with Gasteiger partial charge in [0.15, 0.2) is 6.29 Å². The molecule has 1 unspecified atom stereocenters. The van der Waals surface area contributed by atoms with E-state index in [0.29, 0.717) is 58.7 Å². The van der Waals surface area contributed by atoms with Crippen molar-refractivity contribution in [2.75, 3.05) is 13.6 Å². The minimum absolute atomic E-state index is 0.0787. The normalized spacial score (nSPS) is 17.4. The molecule has 2 aliphatic heterocycles. The highest BCUT2D eigenvalue weighted by Gasteiger charge is 2.30. The molecule has 218 valence electrons. The monoisotopic (exact) mass is 567 g/mol. The Hall–Kier alpha value is -4.59. The highest BCUT2D eigenvalue weighted by Crippen LogP contribution is 2.30. The summed E-state index contributed by atoms with van der Waals surface area (Å²) in [7, 11) is 1.88. The van der Waals surface area contributed by atoms with Crippen molar-refractivity contribution in [1.82, 2.24) is 19.4 Å². The Labute approximate surface area is 247 Å². The highest BCUT2D eigenvalue weighted by atomic mass is 19.1. The topological polar surface area (TPSA) is 70.8 Å². The third kappa shape index (κ3) is 6.17. The first kappa shape index (κ1) is 30.4. The van der Waals surface area contributed by atoms with Crippen molar-refractivity contribution in [3.8, 4) is 11.3 Å². The molecule has 0 spiro atoms. The Bertz CT molecular complexity index is 1560. The average Bonchev–Trinajstić information content (AvgIpc) is 3.43. The lowest BCUT2D eigenvalue weighted by Crippen LogP contribution is -2.39. The summed E-state index contributed by atoms with van der Waals surface area (Å²) in [5.74, 6) is -0.0542. The second kappa shape index (κ2) is 13.4. The number of carbonyl (C=O) groups excluding carboxylic acids is 2. The number of halogens is 1. The van der Waals surface area contributed by atoms with E-state index in [2.05, 4.69) is 28.4 Å². The number of hydrogen-bond donors (Lipinski definition) is 0. The van der Waals surface area contributed by atoms with E-state index in [4.69, 9.17) is 4.99 Å². The highest BCUT2D eigenvalue weighted by molar-refractivity contribution is 6.43. The lowest BCUT2D eigenvalue weighted by molar-refractivity contribution is -0.126. The number of nitrogens with zero attached hydrogens (tertiary/aromatic N) is 5. The summed E-state index contributed by atoms with van der Waals surface area (Å²) in [6.45, 7) is 13.7. The number of carbonyl (C=O) groups is 2. The molecule has 1 amide bonds. The molecule has 42 heavy (non-hydrogen) atoms. The molecule has 3 aromatic rings. The summed E-state index contributed by atoms with van der Waals surface area (Å²) in [5.41, 5.74) is 4.77. The fraction of sp³-hybridized carbons (Fsp3) is 0.294. The smallest absolute Gasteiger partial charge is 0.273 e. The summed E-state index contributed by atoms with van der Waals surface area (Å²) in [6.07, 6.45) is 9.34. The molecule has 0 fully saturated rings. The number of benzene rings is 1. The van der Waals surface area contributed by atoms with E-state index in [-0.39, 0.29) is 11.9 Å². The molecule has 0 radical (unpaired) electrons. The maximum absolute atomic E-state index is 15.3. The number of aromatic nitrogens is 2. The van der Waals surface area contributed by atoms with E-state index in [1.807, 2.05) is 56.7 Å². The van der Waals surface area contributed by atoms with Crippen molar-refractivity contribution in [3.05, 3.63) is 108 Å². The molecule has 4 heterocycles. The number of allylic oxidation sites excluding steroid dienone is 3. The molecule has 0 aliphatic carbocycles. The van der Waals surface area contributed by atoms with E-state index in [0.717, 1.165) is 24.4 Å². The minimum Gasteiger partial charge on any atom is -0.350 e. The van der Waals surface area contributed by atoms with E-state index in [9.17, 15) is 9.59 Å². The van der Waals surface area contributed by atoms with Crippen LogP contribution in [0.25, 0.3) is 16.8 Å². The van der Waals surface area contributed by atoms with E-state index in [1.54, 1.807) is 30.3 Å². The van der Waals surface area contributed by atoms with Gasteiger partial charge in [-0.3, -0.25) is 14.6 Å². The second-order valence-electron chi connectivity index (χ2n) is 10.0. The number of fused-ring (bicyclic) bond motifs is 1. The van der Waals surface area contributed by atoms with Crippen LogP contribution >= 0.6 is 0 Å². The van der Waals surface area contributed by atoms with Gasteiger partial charge in [0.05, 0.1) is 11.7 Å². The Kier molecular flexibility index (Phi) is 9.68. The lowest BCUT2D eigenvalue weighted by atomic mass is 10.0. The van der Waals surface area contributed by atoms with Gasteiger partial charge in [-0.25, -0.2) is 9.38 Å². The van der Waals surface area contributed by atoms with Gasteiger partial charge < -0.3 is 14.4 Å². The van der Waals surface area contributed by atoms with Crippen LogP contribution in [0.3, 0.4) is 0 Å². The molecule has 0 saturated carbocycles. The summed E-state index contributed by atoms with van der Waals surface area (Å²) in [5, 5.41) is 0. The third-order valence-corrected chi connectivity index (χ3v) is 7.55. The van der Waals surface area contributed by atoms with Crippen LogP contribution in [-0.2, 0) is 11.3 Å². The Morgan fingerprint density at radius 2 is 1.95 bits per heavy atom. The number of hydrogen-bond acceptors (Lipinski definition) is 5. The number of rotatable bonds is 6. The van der Waals surface area contributed by atoms with E-state index in [1.165, 1.54) is 12.3 Å². The van der Waals surface area contributed by atoms with E-state index >= 15 is 4.39 Å². The molecule has 1 atom stereocenters. The van der Waals surface area contributed by atoms with Crippen LogP contribution in [0.4, 0.5) is 4.39 Å². The molecule has 0 bridgehead atoms. The van der Waals surface area contributed by atoms with Gasteiger partial charge in [-0.2, -0.15) is 0 Å². The van der Waals surface area contributed by atoms with Crippen LogP contribution in [0.15, 0.2) is 90.1 Å². The van der Waals surface area contributed by atoms with Gasteiger partial charge in [0.2, 0.25) is 0 Å². The van der Waals surface area contributed by atoms with Gasteiger partial charge in [-0.05, 0) is 67.8 Å². The minimum atomic E-state index is -0.452. The summed E-state index contributed by atoms with van der Waals surface area (Å²) in [4.78, 5) is 37.4. The standard InChI is InChI=1S/C32H32FN5O2.C2H6/c1-5-25-18-29(32(40)38-15-7-14-37-13-6-8-30(37)22(38)3)35-31(36(25)4)16-21(2)26-11-10-24(17-27(26)33)28-12-9-23(20-39)19-34-28;1-2/h6,8-13,16-20,22H,2,5,7,14-15H2,1,3-4H3;1-2H3/b31-16-;. The van der Waals surface area contributed by atoms with Gasteiger partial charge in [0, 0.05) is 60.6 Å². The van der Waals surface area contributed by atoms with E-state index < -0.39 is 5.82 Å². The van der Waals surface area contributed by atoms with Gasteiger partial charge >= 0.3 is 0 Å². The Balaban J connectivity index is 0.00000198. The lowest BCUT2D eigenvalue weighted by Gasteiger charge is -2.31. The van der Waals surface area contributed by atoms with Crippen molar-refractivity contribution in [2.24, 2.45) is 4.99 Å². The molecular formula is C34H38FN5O2. The van der Waals surface area contributed by atoms with Crippen LogP contribution in [0.2, 0.25) is 0 Å². The fourth-order valence-electron chi connectivity index (χ4n) is 5.22. The SMILES string of the molecule is C=C(/C=C1/N=C(C(=O)N2CCCn3cccc3C2C)C=C(CC)N1C)c1ccc(-c2ccc(C=O)cn2)cc1F.CC. The number of amides is 1. The quantitative estimate of drug-likeness (QED) is 0.299. The third-order valence-electron chi connectivity index (χ3n) is 7.55. The van der Waals surface area contributed by atoms with Crippen LogP contribution in [0.5, 0.6) is 0 Å². The molecule has 0 N–H and O–H groups in total. The Morgan fingerprint density at radius 3 is 2.62 bits per heavy atom. The van der Waals surface area contributed by atoms with Crippen molar-refractivity contribution < 1.29 is 14.0 Å². The predicted octanol–water partition coefficient (Wildman–Crippen LogP) is 7.06. The van der Waals surface area contributed by atoms with Gasteiger partial charge in [0.1, 0.15) is 17.3 Å². The second-order valence-corrected chi connectivity index (χ2v) is 10.0. The summed E-state index contributed by atoms with van der Waals surface area (Å²) >= 11 is 0. The first-order valence-electron chi connectivity index (χ1n) is 14.4. The summed E-state index contributed by atoms with van der Waals surface area (Å²) < 4.78 is 17.5. The first-order valence-corrected chi connectivity index (χ1v) is 14.4. The zero-order chi connectivity index (χ0) is 30.4. The molecule has 2 aliphatic rings. The zero-order valence-electron chi connectivity index (χ0n) is 25.0. The molecular weight excluding hydrogens is 529 g/mol. The van der Waals surface area contributed by atoms with Crippen LogP contribution in [0, 0.1) is 5.82 Å². The molecule has 1 aromatic carbocycles. The Morgan fingerprint density at radius 1 is 1.17 bits per heavy atom.